The number of urea groups is 1. The minimum absolute atomic E-state index is 0.342. The van der Waals surface area contributed by atoms with Crippen LogP contribution in [0.3, 0.4) is 0 Å². The predicted molar refractivity (Wildman–Crippen MR) is 100 cm³/mol. The Morgan fingerprint density at radius 3 is 2.29 bits per heavy atom. The lowest BCUT2D eigenvalue weighted by Gasteiger charge is -2.26. The van der Waals surface area contributed by atoms with Crippen LogP contribution in [0.5, 0.6) is 0 Å². The monoisotopic (exact) mass is 464 g/mol. The third-order valence-corrected chi connectivity index (χ3v) is 5.06. The maximum atomic E-state index is 14.4. The third kappa shape index (κ3) is 5.13. The Hall–Kier alpha value is -3.15. The van der Waals surface area contributed by atoms with E-state index < -0.39 is 68.4 Å². The molecule has 0 spiro atoms. The lowest BCUT2D eigenvalue weighted by Crippen LogP contribution is -2.45. The van der Waals surface area contributed by atoms with Crippen LogP contribution in [-0.2, 0) is 10.8 Å². The van der Waals surface area contributed by atoms with E-state index >= 15 is 0 Å². The molecule has 0 heterocycles. The van der Waals surface area contributed by atoms with Gasteiger partial charge in [0.25, 0.3) is 5.91 Å². The molecular formula is C19H14F6N2O3S. The van der Waals surface area contributed by atoms with Crippen LogP contribution in [0.25, 0.3) is 0 Å². The van der Waals surface area contributed by atoms with Crippen LogP contribution in [0.4, 0.5) is 36.8 Å². The number of carbonyl (C=O) groups is 2. The van der Waals surface area contributed by atoms with E-state index in [9.17, 15) is 40.1 Å². The topological polar surface area (TPSA) is 57.7 Å². The second-order valence-corrected chi connectivity index (χ2v) is 7.45. The van der Waals surface area contributed by atoms with Crippen LogP contribution in [0, 0.1) is 17.5 Å². The summed E-state index contributed by atoms with van der Waals surface area (Å²) in [5, 5.41) is 0. The first kappa shape index (κ1) is 24.1. The molecule has 5 nitrogen and oxygen atoms in total. The summed E-state index contributed by atoms with van der Waals surface area (Å²) in [4.78, 5) is 25.5. The number of rotatable bonds is 5. The van der Waals surface area contributed by atoms with Gasteiger partial charge in [-0.1, -0.05) is 12.1 Å². The molecule has 0 aliphatic carbocycles. The Morgan fingerprint density at radius 2 is 1.74 bits per heavy atom. The number of benzene rings is 2. The fourth-order valence-electron chi connectivity index (χ4n) is 2.48. The maximum absolute atomic E-state index is 14.4. The van der Waals surface area contributed by atoms with Crippen LogP contribution < -0.4 is 4.90 Å². The van der Waals surface area contributed by atoms with E-state index in [-0.39, 0.29) is 0 Å². The fourth-order valence-corrected chi connectivity index (χ4v) is 3.15. The van der Waals surface area contributed by atoms with Crippen LogP contribution in [-0.4, -0.2) is 40.1 Å². The normalized spacial score (nSPS) is 12.2. The van der Waals surface area contributed by atoms with Gasteiger partial charge in [0.05, 0.1) is 16.1 Å². The number of halogens is 6. The zero-order chi connectivity index (χ0) is 23.5. The first-order valence-corrected chi connectivity index (χ1v) is 9.47. The molecule has 0 fully saturated rings. The second kappa shape index (κ2) is 9.33. The summed E-state index contributed by atoms with van der Waals surface area (Å²) in [6.45, 7) is 2.89. The Morgan fingerprint density at radius 1 is 1.10 bits per heavy atom. The smallest absolute Gasteiger partial charge is 0.294 e. The molecule has 0 radical (unpaired) electrons. The average molecular weight is 464 g/mol. The summed E-state index contributed by atoms with van der Waals surface area (Å²) < 4.78 is 90.8. The Labute approximate surface area is 175 Å². The van der Waals surface area contributed by atoms with Crippen LogP contribution in [0.15, 0.2) is 53.9 Å². The van der Waals surface area contributed by atoms with Gasteiger partial charge in [-0.05, 0) is 30.3 Å². The highest BCUT2D eigenvalue weighted by Gasteiger charge is 2.38. The highest BCUT2D eigenvalue weighted by atomic mass is 32.2. The van der Waals surface area contributed by atoms with Crippen LogP contribution >= 0.6 is 0 Å². The Bertz CT molecular complexity index is 1060. The molecule has 0 aliphatic heterocycles. The highest BCUT2D eigenvalue weighted by Crippen LogP contribution is 2.29. The Balaban J connectivity index is 2.38. The predicted octanol–water partition coefficient (Wildman–Crippen LogP) is 4.62. The number of carbonyl (C=O) groups excluding carboxylic acids is 2. The first-order valence-electron chi connectivity index (χ1n) is 8.32. The van der Waals surface area contributed by atoms with Crippen molar-refractivity contribution in [3.05, 3.63) is 72.1 Å². The van der Waals surface area contributed by atoms with Gasteiger partial charge >= 0.3 is 11.5 Å². The third-order valence-electron chi connectivity index (χ3n) is 3.96. The number of alkyl halides is 3. The SMILES string of the molecule is C=CCN(C(=O)c1cccc(F)c1F)C(=O)N(C)c1ccc(S(=O)C(F)(F)F)cc1F. The van der Waals surface area contributed by atoms with E-state index in [1.807, 2.05) is 0 Å². The van der Waals surface area contributed by atoms with Gasteiger partial charge in [0, 0.05) is 13.6 Å². The molecule has 0 aromatic heterocycles. The van der Waals surface area contributed by atoms with Gasteiger partial charge in [-0.25, -0.2) is 22.2 Å². The molecule has 3 amide bonds. The largest absolute Gasteiger partial charge is 0.475 e. The van der Waals surface area contributed by atoms with E-state index in [1.165, 1.54) is 0 Å². The van der Waals surface area contributed by atoms with Crippen molar-refractivity contribution in [1.82, 2.24) is 4.90 Å². The summed E-state index contributed by atoms with van der Waals surface area (Å²) in [7, 11) is -2.48. The number of imide groups is 1. The lowest BCUT2D eigenvalue weighted by molar-refractivity contribution is -0.0384. The lowest BCUT2D eigenvalue weighted by atomic mass is 10.1. The molecule has 2 aromatic carbocycles. The zero-order valence-electron chi connectivity index (χ0n) is 15.8. The highest BCUT2D eigenvalue weighted by molar-refractivity contribution is 7.86. The number of anilines is 1. The number of nitrogens with zero attached hydrogens (tertiary/aromatic N) is 2. The molecule has 1 atom stereocenters. The minimum Gasteiger partial charge on any atom is -0.294 e. The second-order valence-electron chi connectivity index (χ2n) is 5.98. The minimum atomic E-state index is -5.11. The standard InChI is InChI=1S/C19H14F6N2O3S/c1-3-9-27(17(28)12-5-4-6-13(20)16(12)22)18(29)26(2)15-8-7-11(10-14(15)21)31(30)19(23,24)25/h3-8,10H,1,9H2,2H3. The fraction of sp³-hybridized carbons (Fsp3) is 0.158. The molecule has 2 rings (SSSR count). The summed E-state index contributed by atoms with van der Waals surface area (Å²) in [6, 6.07) is 3.37. The first-order chi connectivity index (χ1) is 14.4. The summed E-state index contributed by atoms with van der Waals surface area (Å²) >= 11 is 0. The van der Waals surface area contributed by atoms with E-state index in [0.717, 1.165) is 37.4 Å². The summed E-state index contributed by atoms with van der Waals surface area (Å²) in [5.41, 5.74) is -6.42. The zero-order valence-corrected chi connectivity index (χ0v) is 16.6. The molecule has 0 aliphatic rings. The van der Waals surface area contributed by atoms with E-state index in [2.05, 4.69) is 6.58 Å². The molecular weight excluding hydrogens is 450 g/mol. The van der Waals surface area contributed by atoms with E-state index in [0.29, 0.717) is 21.9 Å². The van der Waals surface area contributed by atoms with Crippen molar-refractivity contribution in [2.75, 3.05) is 18.5 Å². The molecule has 31 heavy (non-hydrogen) atoms. The molecule has 12 heteroatoms. The van der Waals surface area contributed by atoms with Crippen molar-refractivity contribution in [3.8, 4) is 0 Å². The number of amides is 3. The number of hydrogen-bond donors (Lipinski definition) is 0. The average Bonchev–Trinajstić information content (AvgIpc) is 2.71. The van der Waals surface area contributed by atoms with Crippen LogP contribution in [0.2, 0.25) is 0 Å². The molecule has 0 saturated heterocycles. The van der Waals surface area contributed by atoms with Gasteiger partial charge in [0.15, 0.2) is 22.4 Å². The van der Waals surface area contributed by atoms with Crippen molar-refractivity contribution >= 4 is 28.4 Å². The van der Waals surface area contributed by atoms with Crippen molar-refractivity contribution in [2.45, 2.75) is 10.4 Å². The maximum Gasteiger partial charge on any atom is 0.475 e. The van der Waals surface area contributed by atoms with Gasteiger partial charge in [-0.3, -0.25) is 14.6 Å². The molecule has 0 bridgehead atoms. The molecule has 0 saturated carbocycles. The summed E-state index contributed by atoms with van der Waals surface area (Å²) in [5.74, 6) is -5.40. The van der Waals surface area contributed by atoms with E-state index in [4.69, 9.17) is 0 Å². The molecule has 1 unspecified atom stereocenters. The molecule has 166 valence electrons. The van der Waals surface area contributed by atoms with Crippen molar-refractivity contribution in [1.29, 1.82) is 0 Å². The van der Waals surface area contributed by atoms with Crippen molar-refractivity contribution < 1.29 is 40.1 Å². The van der Waals surface area contributed by atoms with Gasteiger partial charge in [0.2, 0.25) is 0 Å². The van der Waals surface area contributed by atoms with Gasteiger partial charge < -0.3 is 0 Å². The number of hydrogen-bond acceptors (Lipinski definition) is 3. The quantitative estimate of drug-likeness (QED) is 0.480. The Kier molecular flexibility index (Phi) is 7.26. The van der Waals surface area contributed by atoms with Gasteiger partial charge in [0.1, 0.15) is 5.82 Å². The molecule has 0 N–H and O–H groups in total. The van der Waals surface area contributed by atoms with E-state index in [1.54, 1.807) is 0 Å². The van der Waals surface area contributed by atoms with Gasteiger partial charge in [-0.15, -0.1) is 6.58 Å². The molecule has 2 aromatic rings. The van der Waals surface area contributed by atoms with Crippen molar-refractivity contribution in [3.63, 3.8) is 0 Å². The van der Waals surface area contributed by atoms with Crippen molar-refractivity contribution in [2.24, 2.45) is 0 Å². The van der Waals surface area contributed by atoms with Crippen LogP contribution in [0.1, 0.15) is 10.4 Å². The summed E-state index contributed by atoms with van der Waals surface area (Å²) in [6.07, 6.45) is 1.10. The van der Waals surface area contributed by atoms with Gasteiger partial charge in [-0.2, -0.15) is 13.2 Å².